The molecule has 0 bridgehead atoms. The van der Waals surface area contributed by atoms with E-state index in [2.05, 4.69) is 10.2 Å². The number of hydrogen-bond acceptors (Lipinski definition) is 4. The molecule has 7 nitrogen and oxygen atoms in total. The van der Waals surface area contributed by atoms with Crippen LogP contribution in [-0.4, -0.2) is 72.3 Å². The highest BCUT2D eigenvalue weighted by Crippen LogP contribution is 2.21. The number of rotatable bonds is 8. The molecule has 1 fully saturated rings. The Morgan fingerprint density at radius 1 is 1.10 bits per heavy atom. The van der Waals surface area contributed by atoms with Crippen LogP contribution >= 0.6 is 0 Å². The highest BCUT2D eigenvalue weighted by Gasteiger charge is 2.38. The van der Waals surface area contributed by atoms with Crippen LogP contribution in [0.15, 0.2) is 42.5 Å². The van der Waals surface area contributed by atoms with Gasteiger partial charge in [0.15, 0.2) is 0 Å². The second-order valence-corrected chi connectivity index (χ2v) is 8.71. The second kappa shape index (κ2) is 14.6. The van der Waals surface area contributed by atoms with E-state index in [1.165, 1.54) is 12.1 Å². The van der Waals surface area contributed by atoms with Crippen LogP contribution in [0.3, 0.4) is 0 Å². The van der Waals surface area contributed by atoms with Gasteiger partial charge in [0.2, 0.25) is 0 Å². The van der Waals surface area contributed by atoms with Crippen molar-refractivity contribution in [3.8, 4) is 5.75 Å². The van der Waals surface area contributed by atoms with Crippen molar-refractivity contribution in [1.29, 1.82) is 0 Å². The summed E-state index contributed by atoms with van der Waals surface area (Å²) < 4.78 is 88.7. The summed E-state index contributed by atoms with van der Waals surface area (Å²) in [5.41, 5.74) is 1.01. The first-order chi connectivity index (χ1) is 18.3. The van der Waals surface area contributed by atoms with E-state index in [4.69, 9.17) is 14.6 Å². The zero-order valence-corrected chi connectivity index (χ0v) is 20.9. The summed E-state index contributed by atoms with van der Waals surface area (Å²) in [5, 5.41) is 9.97. The van der Waals surface area contributed by atoms with Crippen LogP contribution in [0.25, 0.3) is 0 Å². The average molecular weight is 568 g/mol. The van der Waals surface area contributed by atoms with Gasteiger partial charge < -0.3 is 25.0 Å². The predicted octanol–water partition coefficient (Wildman–Crippen LogP) is 5.05. The summed E-state index contributed by atoms with van der Waals surface area (Å²) >= 11 is 0. The van der Waals surface area contributed by atoms with Crippen LogP contribution in [0.2, 0.25) is 0 Å². The third-order valence-corrected chi connectivity index (χ3v) is 5.73. The van der Waals surface area contributed by atoms with E-state index in [1.807, 2.05) is 7.05 Å². The van der Waals surface area contributed by atoms with E-state index >= 15 is 0 Å². The van der Waals surface area contributed by atoms with E-state index in [1.54, 1.807) is 29.2 Å². The van der Waals surface area contributed by atoms with Gasteiger partial charge in [-0.15, -0.1) is 0 Å². The topological polar surface area (TPSA) is 82.1 Å². The molecular weight excluding hydrogens is 539 g/mol. The number of halogens is 7. The number of urea groups is 1. The van der Waals surface area contributed by atoms with Gasteiger partial charge in [-0.3, -0.25) is 0 Å². The first kappa shape index (κ1) is 31.7. The van der Waals surface area contributed by atoms with Gasteiger partial charge >= 0.3 is 18.2 Å². The molecule has 0 saturated carbocycles. The number of aliphatic carboxylic acids is 1. The number of alkyl halides is 5. The van der Waals surface area contributed by atoms with Crippen molar-refractivity contribution in [2.45, 2.75) is 44.6 Å². The van der Waals surface area contributed by atoms with Crippen LogP contribution in [0.1, 0.15) is 24.0 Å². The second-order valence-electron chi connectivity index (χ2n) is 8.71. The molecule has 0 unspecified atom stereocenters. The first-order valence-electron chi connectivity index (χ1n) is 11.7. The van der Waals surface area contributed by atoms with Gasteiger partial charge in [-0.05, 0) is 56.7 Å². The van der Waals surface area contributed by atoms with Crippen molar-refractivity contribution in [1.82, 2.24) is 15.1 Å². The number of benzene rings is 2. The maximum Gasteiger partial charge on any atom is 0.490 e. The normalized spacial score (nSPS) is 14.4. The zero-order chi connectivity index (χ0) is 29.2. The number of hydrogen-bond donors (Lipinski definition) is 2. The predicted molar refractivity (Wildman–Crippen MR) is 126 cm³/mol. The SMILES string of the molecule is CN1CCC(N(Cc2ccc(F)cc2F)C(=O)NCc2ccc(OCC(F)F)cc2)CC1.O=C(O)C(F)(F)F. The van der Waals surface area contributed by atoms with Gasteiger partial charge in [0.25, 0.3) is 6.43 Å². The van der Waals surface area contributed by atoms with E-state index in [-0.39, 0.29) is 30.7 Å². The molecule has 1 heterocycles. The van der Waals surface area contributed by atoms with Crippen LogP contribution in [0.5, 0.6) is 5.75 Å². The molecule has 2 N–H and O–H groups in total. The lowest BCUT2D eigenvalue weighted by atomic mass is 10.0. The number of carbonyl (C=O) groups excluding carboxylic acids is 1. The summed E-state index contributed by atoms with van der Waals surface area (Å²) in [6.45, 7) is 1.21. The maximum absolute atomic E-state index is 14.2. The molecule has 0 spiro atoms. The monoisotopic (exact) mass is 567 g/mol. The minimum atomic E-state index is -5.08. The van der Waals surface area contributed by atoms with Gasteiger partial charge in [-0.25, -0.2) is 27.2 Å². The van der Waals surface area contributed by atoms with Crippen LogP contribution in [0.4, 0.5) is 35.5 Å². The van der Waals surface area contributed by atoms with Crippen LogP contribution in [-0.2, 0) is 17.9 Å². The number of ether oxygens (including phenoxy) is 1. The van der Waals surface area contributed by atoms with Gasteiger partial charge in [0.05, 0.1) is 6.54 Å². The van der Waals surface area contributed by atoms with E-state index in [0.29, 0.717) is 5.75 Å². The van der Waals surface area contributed by atoms with Gasteiger partial charge in [-0.1, -0.05) is 18.2 Å². The van der Waals surface area contributed by atoms with Gasteiger partial charge in [0.1, 0.15) is 24.0 Å². The van der Waals surface area contributed by atoms with Gasteiger partial charge in [-0.2, -0.15) is 13.2 Å². The molecule has 3 rings (SSSR count). The highest BCUT2D eigenvalue weighted by atomic mass is 19.4. The number of nitrogens with zero attached hydrogens (tertiary/aromatic N) is 2. The van der Waals surface area contributed by atoms with E-state index in [9.17, 15) is 35.5 Å². The van der Waals surface area contributed by atoms with Crippen LogP contribution < -0.4 is 10.1 Å². The molecule has 2 amide bonds. The summed E-state index contributed by atoms with van der Waals surface area (Å²) in [5.74, 6) is -3.79. The Bertz CT molecular complexity index is 1080. The van der Waals surface area contributed by atoms with Gasteiger partial charge in [0, 0.05) is 24.2 Å². The van der Waals surface area contributed by atoms with Crippen molar-refractivity contribution in [3.63, 3.8) is 0 Å². The molecule has 2 aromatic carbocycles. The highest BCUT2D eigenvalue weighted by molar-refractivity contribution is 5.74. The van der Waals surface area contributed by atoms with E-state index < -0.39 is 36.8 Å². The Kier molecular flexibility index (Phi) is 11.8. The number of likely N-dealkylation sites (tertiary alicyclic amines) is 1. The standard InChI is InChI=1S/C23H27F4N3O2.C2HF3O2/c1-29-10-8-19(9-11-29)30(14-17-4-5-18(24)12-21(17)25)23(31)28-13-16-2-6-20(7-3-16)32-15-22(26)27;3-2(4,5)1(6)7/h2-7,12,19,22H,8-11,13-15H2,1H3,(H,28,31);(H,6,7). The Morgan fingerprint density at radius 3 is 2.21 bits per heavy atom. The molecule has 1 saturated heterocycles. The minimum Gasteiger partial charge on any atom is -0.488 e. The Labute approximate surface area is 220 Å². The third kappa shape index (κ3) is 11.0. The third-order valence-electron chi connectivity index (χ3n) is 5.73. The molecule has 216 valence electrons. The van der Waals surface area contributed by atoms with Crippen molar-refractivity contribution in [3.05, 3.63) is 65.2 Å². The Hall–Kier alpha value is -3.55. The average Bonchev–Trinajstić information content (AvgIpc) is 2.86. The number of carbonyl (C=O) groups is 2. The summed E-state index contributed by atoms with van der Waals surface area (Å²) in [7, 11) is 2.01. The molecule has 0 aliphatic carbocycles. The molecule has 0 radical (unpaired) electrons. The molecule has 1 aliphatic heterocycles. The Morgan fingerprint density at radius 2 is 1.69 bits per heavy atom. The number of amides is 2. The number of carboxylic acid groups (broad SMARTS) is 1. The van der Waals surface area contributed by atoms with Crippen molar-refractivity contribution < 1.29 is 50.2 Å². The number of piperidine rings is 1. The molecular formula is C25H28F7N3O4. The lowest BCUT2D eigenvalue weighted by molar-refractivity contribution is -0.192. The molecule has 14 heteroatoms. The lowest BCUT2D eigenvalue weighted by Crippen LogP contribution is -2.49. The number of carboxylic acids is 1. The quantitative estimate of drug-likeness (QED) is 0.437. The Balaban J connectivity index is 0.000000673. The molecule has 2 aromatic rings. The zero-order valence-electron chi connectivity index (χ0n) is 20.9. The molecule has 1 aliphatic rings. The summed E-state index contributed by atoms with van der Waals surface area (Å²) in [6.07, 6.45) is -6.13. The van der Waals surface area contributed by atoms with E-state index in [0.717, 1.165) is 37.6 Å². The maximum atomic E-state index is 14.2. The lowest BCUT2D eigenvalue weighted by Gasteiger charge is -2.37. The largest absolute Gasteiger partial charge is 0.490 e. The fourth-order valence-corrected chi connectivity index (χ4v) is 3.65. The van der Waals surface area contributed by atoms with Crippen molar-refractivity contribution in [2.75, 3.05) is 26.7 Å². The fourth-order valence-electron chi connectivity index (χ4n) is 3.65. The molecule has 39 heavy (non-hydrogen) atoms. The van der Waals surface area contributed by atoms with Crippen LogP contribution in [0, 0.1) is 11.6 Å². The smallest absolute Gasteiger partial charge is 0.488 e. The molecule has 0 aromatic heterocycles. The number of nitrogens with one attached hydrogen (secondary N) is 1. The molecule has 0 atom stereocenters. The summed E-state index contributed by atoms with van der Waals surface area (Å²) in [6, 6.07) is 9.43. The fraction of sp³-hybridized carbons (Fsp3) is 0.440. The minimum absolute atomic E-state index is 0.0345. The summed E-state index contributed by atoms with van der Waals surface area (Å²) in [4.78, 5) is 25.7. The van der Waals surface area contributed by atoms with Crippen molar-refractivity contribution in [2.24, 2.45) is 0 Å². The first-order valence-corrected chi connectivity index (χ1v) is 11.7. The van der Waals surface area contributed by atoms with Crippen molar-refractivity contribution >= 4 is 12.0 Å².